The molecule has 0 amide bonds. The Labute approximate surface area is 127 Å². The Kier molecular flexibility index (Phi) is 5.25. The summed E-state index contributed by atoms with van der Waals surface area (Å²) in [6.45, 7) is 7.78. The van der Waals surface area contributed by atoms with Crippen LogP contribution in [0.1, 0.15) is 71.0 Å². The molecule has 0 aromatic carbocycles. The van der Waals surface area contributed by atoms with Gasteiger partial charge in [0, 0.05) is 18.5 Å². The largest absolute Gasteiger partial charge is 0.369 e. The van der Waals surface area contributed by atoms with Gasteiger partial charge in [0.05, 0.1) is 0 Å². The number of nitrogens with one attached hydrogen (secondary N) is 1. The van der Waals surface area contributed by atoms with Crippen LogP contribution in [0.2, 0.25) is 5.15 Å². The van der Waals surface area contributed by atoms with E-state index in [9.17, 15) is 0 Å². The predicted octanol–water partition coefficient (Wildman–Crippen LogP) is 5.03. The van der Waals surface area contributed by atoms with Crippen molar-refractivity contribution in [1.82, 2.24) is 9.97 Å². The summed E-state index contributed by atoms with van der Waals surface area (Å²) >= 11 is 6.08. The lowest BCUT2D eigenvalue weighted by atomic mass is 9.87. The third kappa shape index (κ3) is 4.93. The summed E-state index contributed by atoms with van der Waals surface area (Å²) in [6, 6.07) is 1.83. The molecule has 112 valence electrons. The zero-order chi connectivity index (χ0) is 14.6. The van der Waals surface area contributed by atoms with Gasteiger partial charge in [0.25, 0.3) is 0 Å². The lowest BCUT2D eigenvalue weighted by Crippen LogP contribution is -2.23. The molecule has 1 aromatic rings. The summed E-state index contributed by atoms with van der Waals surface area (Å²) in [6.07, 6.45) is 7.51. The van der Waals surface area contributed by atoms with Gasteiger partial charge < -0.3 is 5.32 Å². The van der Waals surface area contributed by atoms with Gasteiger partial charge in [0.15, 0.2) is 0 Å². The molecule has 1 fully saturated rings. The second-order valence-electron chi connectivity index (χ2n) is 6.68. The van der Waals surface area contributed by atoms with Crippen LogP contribution in [0, 0.1) is 5.41 Å². The fourth-order valence-electron chi connectivity index (χ4n) is 2.32. The molecule has 1 aromatic heterocycles. The van der Waals surface area contributed by atoms with E-state index in [1.807, 2.05) is 6.07 Å². The smallest absolute Gasteiger partial charge is 0.135 e. The Morgan fingerprint density at radius 1 is 1.30 bits per heavy atom. The van der Waals surface area contributed by atoms with Gasteiger partial charge in [0.1, 0.15) is 16.8 Å². The van der Waals surface area contributed by atoms with Gasteiger partial charge in [-0.15, -0.1) is 0 Å². The van der Waals surface area contributed by atoms with Gasteiger partial charge >= 0.3 is 0 Å². The number of hydrogen-bond donors (Lipinski definition) is 1. The van der Waals surface area contributed by atoms with Crippen LogP contribution in [0.25, 0.3) is 0 Å². The first kappa shape index (κ1) is 15.6. The topological polar surface area (TPSA) is 37.8 Å². The van der Waals surface area contributed by atoms with Gasteiger partial charge in [-0.25, -0.2) is 9.97 Å². The highest BCUT2D eigenvalue weighted by atomic mass is 35.5. The summed E-state index contributed by atoms with van der Waals surface area (Å²) in [5.74, 6) is 2.31. The van der Waals surface area contributed by atoms with E-state index < -0.39 is 0 Å². The van der Waals surface area contributed by atoms with Crippen molar-refractivity contribution in [2.45, 2.75) is 65.2 Å². The number of rotatable bonds is 8. The Balaban J connectivity index is 1.89. The maximum absolute atomic E-state index is 6.08. The second kappa shape index (κ2) is 6.75. The molecule has 0 radical (unpaired) electrons. The highest BCUT2D eigenvalue weighted by Gasteiger charge is 2.27. The summed E-state index contributed by atoms with van der Waals surface area (Å²) in [7, 11) is 0. The van der Waals surface area contributed by atoms with Crippen LogP contribution in [0.5, 0.6) is 0 Å². The minimum absolute atomic E-state index is 0.284. The van der Waals surface area contributed by atoms with Gasteiger partial charge in [-0.05, 0) is 24.7 Å². The number of halogens is 1. The van der Waals surface area contributed by atoms with Crippen LogP contribution in [0.15, 0.2) is 6.07 Å². The molecule has 0 atom stereocenters. The van der Waals surface area contributed by atoms with Crippen LogP contribution >= 0.6 is 11.6 Å². The van der Waals surface area contributed by atoms with Gasteiger partial charge in [-0.3, -0.25) is 0 Å². The molecular weight excluding hydrogens is 270 g/mol. The molecule has 3 nitrogen and oxygen atoms in total. The fraction of sp³-hybridized carbons (Fsp3) is 0.750. The normalized spacial score (nSPS) is 15.4. The molecule has 1 aliphatic carbocycles. The minimum atomic E-state index is 0.284. The molecule has 2 rings (SSSR count). The molecule has 20 heavy (non-hydrogen) atoms. The van der Waals surface area contributed by atoms with Crippen molar-refractivity contribution in [3.05, 3.63) is 17.0 Å². The molecule has 1 N–H and O–H groups in total. The van der Waals surface area contributed by atoms with E-state index in [2.05, 4.69) is 36.1 Å². The lowest BCUT2D eigenvalue weighted by Gasteiger charge is -2.25. The van der Waals surface area contributed by atoms with E-state index in [-0.39, 0.29) is 5.41 Å². The van der Waals surface area contributed by atoms with Crippen molar-refractivity contribution < 1.29 is 0 Å². The van der Waals surface area contributed by atoms with E-state index in [1.54, 1.807) is 0 Å². The standard InChI is InChI=1S/C16H26ClN3/c1-4-5-6-9-16(2,3)11-18-14-10-13(17)19-15(20-14)12-7-8-12/h10,12H,4-9,11H2,1-3H3,(H,18,19,20). The lowest BCUT2D eigenvalue weighted by molar-refractivity contribution is 0.342. The van der Waals surface area contributed by atoms with E-state index in [0.29, 0.717) is 11.1 Å². The van der Waals surface area contributed by atoms with Crippen LogP contribution in [-0.4, -0.2) is 16.5 Å². The van der Waals surface area contributed by atoms with Crippen molar-refractivity contribution in [1.29, 1.82) is 0 Å². The van der Waals surface area contributed by atoms with Crippen molar-refractivity contribution in [3.63, 3.8) is 0 Å². The fourth-order valence-corrected chi connectivity index (χ4v) is 2.51. The van der Waals surface area contributed by atoms with Crippen LogP contribution in [-0.2, 0) is 0 Å². The van der Waals surface area contributed by atoms with Crippen LogP contribution < -0.4 is 5.32 Å². The molecule has 0 bridgehead atoms. The quantitative estimate of drug-likeness (QED) is 0.540. The number of nitrogens with zero attached hydrogens (tertiary/aromatic N) is 2. The van der Waals surface area contributed by atoms with Crippen molar-refractivity contribution in [2.24, 2.45) is 5.41 Å². The molecule has 1 aliphatic rings. The zero-order valence-electron chi connectivity index (χ0n) is 12.9. The first-order valence-corrected chi connectivity index (χ1v) is 8.16. The van der Waals surface area contributed by atoms with E-state index in [1.165, 1.54) is 38.5 Å². The Morgan fingerprint density at radius 2 is 2.05 bits per heavy atom. The van der Waals surface area contributed by atoms with Crippen molar-refractivity contribution in [3.8, 4) is 0 Å². The monoisotopic (exact) mass is 295 g/mol. The van der Waals surface area contributed by atoms with Gasteiger partial charge in [-0.1, -0.05) is 51.6 Å². The first-order valence-electron chi connectivity index (χ1n) is 7.78. The van der Waals surface area contributed by atoms with E-state index >= 15 is 0 Å². The molecule has 0 unspecified atom stereocenters. The predicted molar refractivity (Wildman–Crippen MR) is 85.4 cm³/mol. The SMILES string of the molecule is CCCCCC(C)(C)CNc1cc(Cl)nc(C2CC2)n1. The number of aromatic nitrogens is 2. The van der Waals surface area contributed by atoms with Crippen molar-refractivity contribution >= 4 is 17.4 Å². The van der Waals surface area contributed by atoms with Gasteiger partial charge in [0.2, 0.25) is 0 Å². The molecule has 1 saturated carbocycles. The Morgan fingerprint density at radius 3 is 2.70 bits per heavy atom. The average Bonchev–Trinajstić information content (AvgIpc) is 3.20. The van der Waals surface area contributed by atoms with E-state index in [0.717, 1.165) is 18.2 Å². The Hall–Kier alpha value is -0.830. The molecule has 0 saturated heterocycles. The summed E-state index contributed by atoms with van der Waals surface area (Å²) in [4.78, 5) is 8.90. The molecule has 1 heterocycles. The summed E-state index contributed by atoms with van der Waals surface area (Å²) < 4.78 is 0. The maximum atomic E-state index is 6.08. The van der Waals surface area contributed by atoms with Crippen molar-refractivity contribution in [2.75, 3.05) is 11.9 Å². The highest BCUT2D eigenvalue weighted by Crippen LogP contribution is 2.38. The number of hydrogen-bond acceptors (Lipinski definition) is 3. The van der Waals surface area contributed by atoms with Crippen LogP contribution in [0.4, 0.5) is 5.82 Å². The average molecular weight is 296 g/mol. The summed E-state index contributed by atoms with van der Waals surface area (Å²) in [5, 5.41) is 3.99. The third-order valence-electron chi connectivity index (χ3n) is 3.86. The highest BCUT2D eigenvalue weighted by molar-refractivity contribution is 6.29. The molecular formula is C16H26ClN3. The maximum Gasteiger partial charge on any atom is 0.135 e. The second-order valence-corrected chi connectivity index (χ2v) is 7.07. The first-order chi connectivity index (χ1) is 9.50. The van der Waals surface area contributed by atoms with E-state index in [4.69, 9.17) is 11.6 Å². The Bertz CT molecular complexity index is 441. The zero-order valence-corrected chi connectivity index (χ0v) is 13.6. The van der Waals surface area contributed by atoms with Gasteiger partial charge in [-0.2, -0.15) is 0 Å². The number of anilines is 1. The minimum Gasteiger partial charge on any atom is -0.369 e. The molecule has 0 spiro atoms. The third-order valence-corrected chi connectivity index (χ3v) is 4.05. The molecule has 4 heteroatoms. The number of unbranched alkanes of at least 4 members (excludes halogenated alkanes) is 2. The van der Waals surface area contributed by atoms with Crippen LogP contribution in [0.3, 0.4) is 0 Å². The summed E-state index contributed by atoms with van der Waals surface area (Å²) in [5.41, 5.74) is 0.284. The molecule has 0 aliphatic heterocycles.